The summed E-state index contributed by atoms with van der Waals surface area (Å²) in [7, 11) is 0. The Balaban J connectivity index is 1.97. The molecule has 1 aliphatic rings. The van der Waals surface area contributed by atoms with Gasteiger partial charge < -0.3 is 16.0 Å². The number of carbonyl (C=O) groups excluding carboxylic acids is 2. The smallest absolute Gasteiger partial charge is 0.314 e. The molecule has 3 N–H and O–H groups in total. The molecular formula is C18H28N4O2. The highest BCUT2D eigenvalue weighted by molar-refractivity contribution is 5.93. The first-order chi connectivity index (χ1) is 11.5. The topological polar surface area (TPSA) is 78.7 Å². The van der Waals surface area contributed by atoms with Crippen molar-refractivity contribution in [1.29, 1.82) is 0 Å². The summed E-state index contributed by atoms with van der Waals surface area (Å²) in [6.45, 7) is 8.19. The van der Waals surface area contributed by atoms with Gasteiger partial charge in [-0.05, 0) is 43.6 Å². The fourth-order valence-corrected chi connectivity index (χ4v) is 3.09. The van der Waals surface area contributed by atoms with Crippen molar-refractivity contribution in [3.05, 3.63) is 29.8 Å². The Kier molecular flexibility index (Phi) is 6.61. The number of nitrogens with one attached hydrogen (secondary N) is 1. The standard InChI is InChI=1S/C18H28N4O2/c1-3-21(4-2)12-14-7-5-9-16(11-14)20-17(23)15-8-6-10-22(13-15)18(19)24/h5,7,9,11,15H,3-4,6,8,10,12-13H2,1-2H3,(H2,19,24)(H,20,23). The first-order valence-corrected chi connectivity index (χ1v) is 8.70. The van der Waals surface area contributed by atoms with Crippen LogP contribution in [0.4, 0.5) is 10.5 Å². The van der Waals surface area contributed by atoms with Crippen LogP contribution in [-0.4, -0.2) is 47.9 Å². The first-order valence-electron chi connectivity index (χ1n) is 8.70. The number of anilines is 1. The maximum atomic E-state index is 12.5. The van der Waals surface area contributed by atoms with E-state index < -0.39 is 6.03 Å². The lowest BCUT2D eigenvalue weighted by molar-refractivity contribution is -0.121. The van der Waals surface area contributed by atoms with Crippen LogP contribution in [0, 0.1) is 5.92 Å². The fraction of sp³-hybridized carbons (Fsp3) is 0.556. The number of amides is 3. The predicted molar refractivity (Wildman–Crippen MR) is 95.6 cm³/mol. The second-order valence-electron chi connectivity index (χ2n) is 6.27. The molecule has 0 aliphatic carbocycles. The maximum absolute atomic E-state index is 12.5. The van der Waals surface area contributed by atoms with Gasteiger partial charge in [0.15, 0.2) is 0 Å². The van der Waals surface area contributed by atoms with Crippen molar-refractivity contribution in [3.63, 3.8) is 0 Å². The quantitative estimate of drug-likeness (QED) is 0.838. The Bertz CT molecular complexity index is 572. The number of piperidine rings is 1. The summed E-state index contributed by atoms with van der Waals surface area (Å²) >= 11 is 0. The normalized spacial score (nSPS) is 17.8. The number of primary amides is 1. The van der Waals surface area contributed by atoms with E-state index in [9.17, 15) is 9.59 Å². The Morgan fingerprint density at radius 2 is 2.08 bits per heavy atom. The minimum absolute atomic E-state index is 0.0408. The molecule has 1 unspecified atom stereocenters. The molecule has 0 aromatic heterocycles. The van der Waals surface area contributed by atoms with Crippen molar-refractivity contribution < 1.29 is 9.59 Å². The molecule has 1 aliphatic heterocycles. The molecule has 6 heteroatoms. The maximum Gasteiger partial charge on any atom is 0.314 e. The van der Waals surface area contributed by atoms with Gasteiger partial charge in [-0.3, -0.25) is 9.69 Å². The molecule has 6 nitrogen and oxygen atoms in total. The average Bonchev–Trinajstić information content (AvgIpc) is 2.60. The minimum atomic E-state index is -0.450. The molecule has 1 aromatic rings. The zero-order valence-corrected chi connectivity index (χ0v) is 14.6. The van der Waals surface area contributed by atoms with E-state index in [0.717, 1.165) is 38.2 Å². The van der Waals surface area contributed by atoms with Crippen molar-refractivity contribution in [2.75, 3.05) is 31.5 Å². The highest BCUT2D eigenvalue weighted by Gasteiger charge is 2.27. The number of carbonyl (C=O) groups is 2. The molecule has 1 saturated heterocycles. The third kappa shape index (κ3) is 4.96. The number of likely N-dealkylation sites (tertiary alicyclic amines) is 1. The van der Waals surface area contributed by atoms with Gasteiger partial charge in [0.25, 0.3) is 0 Å². The van der Waals surface area contributed by atoms with Crippen molar-refractivity contribution >= 4 is 17.6 Å². The Hall–Kier alpha value is -2.08. The van der Waals surface area contributed by atoms with Crippen LogP contribution in [0.5, 0.6) is 0 Å². The molecule has 3 amide bonds. The molecule has 0 saturated carbocycles. The molecule has 1 atom stereocenters. The zero-order chi connectivity index (χ0) is 17.5. The molecule has 1 aromatic carbocycles. The van der Waals surface area contributed by atoms with E-state index in [1.807, 2.05) is 18.2 Å². The van der Waals surface area contributed by atoms with E-state index in [1.54, 1.807) is 4.90 Å². The first kappa shape index (κ1) is 18.3. The number of urea groups is 1. The van der Waals surface area contributed by atoms with E-state index >= 15 is 0 Å². The number of nitrogens with zero attached hydrogens (tertiary/aromatic N) is 2. The molecule has 24 heavy (non-hydrogen) atoms. The van der Waals surface area contributed by atoms with E-state index in [-0.39, 0.29) is 11.8 Å². The minimum Gasteiger partial charge on any atom is -0.351 e. The molecule has 0 bridgehead atoms. The summed E-state index contributed by atoms with van der Waals surface area (Å²) in [6.07, 6.45) is 1.60. The number of rotatable bonds is 6. The van der Waals surface area contributed by atoms with Crippen LogP contribution in [0.3, 0.4) is 0 Å². The third-order valence-corrected chi connectivity index (χ3v) is 4.60. The van der Waals surface area contributed by atoms with E-state index in [4.69, 9.17) is 5.73 Å². The summed E-state index contributed by atoms with van der Waals surface area (Å²) in [5, 5.41) is 2.98. The van der Waals surface area contributed by atoms with Gasteiger partial charge in [0.05, 0.1) is 5.92 Å². The fourth-order valence-electron chi connectivity index (χ4n) is 3.09. The second kappa shape index (κ2) is 8.68. The van der Waals surface area contributed by atoms with Gasteiger partial charge in [-0.1, -0.05) is 26.0 Å². The third-order valence-electron chi connectivity index (χ3n) is 4.60. The van der Waals surface area contributed by atoms with Crippen LogP contribution < -0.4 is 11.1 Å². The largest absolute Gasteiger partial charge is 0.351 e. The molecular weight excluding hydrogens is 304 g/mol. The van der Waals surface area contributed by atoms with Gasteiger partial charge >= 0.3 is 6.03 Å². The molecule has 0 spiro atoms. The van der Waals surface area contributed by atoms with Crippen LogP contribution in [0.2, 0.25) is 0 Å². The summed E-state index contributed by atoms with van der Waals surface area (Å²) < 4.78 is 0. The summed E-state index contributed by atoms with van der Waals surface area (Å²) in [4.78, 5) is 27.7. The highest BCUT2D eigenvalue weighted by atomic mass is 16.2. The number of hydrogen-bond acceptors (Lipinski definition) is 3. The van der Waals surface area contributed by atoms with Crippen LogP contribution in [0.25, 0.3) is 0 Å². The van der Waals surface area contributed by atoms with Gasteiger partial charge in [0.2, 0.25) is 5.91 Å². The van der Waals surface area contributed by atoms with E-state index in [0.29, 0.717) is 13.1 Å². The van der Waals surface area contributed by atoms with Crippen LogP contribution in [0.1, 0.15) is 32.3 Å². The lowest BCUT2D eigenvalue weighted by Crippen LogP contribution is -2.46. The second-order valence-corrected chi connectivity index (χ2v) is 6.27. The molecule has 0 radical (unpaired) electrons. The van der Waals surface area contributed by atoms with Crippen LogP contribution in [0.15, 0.2) is 24.3 Å². The van der Waals surface area contributed by atoms with Gasteiger partial charge in [0, 0.05) is 25.3 Å². The number of nitrogens with two attached hydrogens (primary N) is 1. The SMILES string of the molecule is CCN(CC)Cc1cccc(NC(=O)C2CCCN(C(N)=O)C2)c1. The number of hydrogen-bond donors (Lipinski definition) is 2. The van der Waals surface area contributed by atoms with E-state index in [1.165, 1.54) is 5.56 Å². The van der Waals surface area contributed by atoms with Crippen molar-refractivity contribution in [1.82, 2.24) is 9.80 Å². The molecule has 2 rings (SSSR count). The van der Waals surface area contributed by atoms with Crippen LogP contribution in [-0.2, 0) is 11.3 Å². The average molecular weight is 332 g/mol. The van der Waals surface area contributed by atoms with Crippen molar-refractivity contribution in [2.45, 2.75) is 33.2 Å². The lowest BCUT2D eigenvalue weighted by atomic mass is 9.97. The predicted octanol–water partition coefficient (Wildman–Crippen LogP) is 2.26. The molecule has 1 fully saturated rings. The Morgan fingerprint density at radius 3 is 2.75 bits per heavy atom. The van der Waals surface area contributed by atoms with Crippen molar-refractivity contribution in [3.8, 4) is 0 Å². The van der Waals surface area contributed by atoms with Crippen LogP contribution >= 0.6 is 0 Å². The van der Waals surface area contributed by atoms with Crippen molar-refractivity contribution in [2.24, 2.45) is 11.7 Å². The zero-order valence-electron chi connectivity index (χ0n) is 14.6. The summed E-state index contributed by atoms with van der Waals surface area (Å²) in [5.41, 5.74) is 7.31. The Morgan fingerprint density at radius 1 is 1.33 bits per heavy atom. The summed E-state index contributed by atoms with van der Waals surface area (Å²) in [6, 6.07) is 7.51. The highest BCUT2D eigenvalue weighted by Crippen LogP contribution is 2.19. The summed E-state index contributed by atoms with van der Waals surface area (Å²) in [5.74, 6) is -0.237. The number of benzene rings is 1. The van der Waals surface area contributed by atoms with Gasteiger partial charge in [-0.2, -0.15) is 0 Å². The lowest BCUT2D eigenvalue weighted by Gasteiger charge is -2.30. The Labute approximate surface area is 144 Å². The molecule has 132 valence electrons. The monoisotopic (exact) mass is 332 g/mol. The molecule has 1 heterocycles. The van der Waals surface area contributed by atoms with E-state index in [2.05, 4.69) is 30.1 Å². The van der Waals surface area contributed by atoms with Gasteiger partial charge in [-0.25, -0.2) is 4.79 Å². The van der Waals surface area contributed by atoms with Gasteiger partial charge in [0.1, 0.15) is 0 Å². The van der Waals surface area contributed by atoms with Gasteiger partial charge in [-0.15, -0.1) is 0 Å².